The van der Waals surface area contributed by atoms with Crippen LogP contribution >= 0.6 is 11.6 Å². The van der Waals surface area contributed by atoms with Crippen LogP contribution in [0, 0.1) is 73.6 Å². The van der Waals surface area contributed by atoms with Gasteiger partial charge in [0.25, 0.3) is 0 Å². The number of hydrogen-bond acceptors (Lipinski definition) is 21. The molecule has 31 nitrogen and oxygen atoms in total. The Morgan fingerprint density at radius 3 is 0.904 bits per heavy atom. The summed E-state index contributed by atoms with van der Waals surface area (Å²) in [7, 11) is -16.6. The van der Waals surface area contributed by atoms with E-state index in [1.54, 1.807) is 75.3 Å². The van der Waals surface area contributed by atoms with Crippen molar-refractivity contribution in [3.8, 4) is 0 Å². The van der Waals surface area contributed by atoms with Crippen LogP contribution in [0.15, 0.2) is 78.9 Å². The lowest BCUT2D eigenvalue weighted by Crippen LogP contribution is -2.46. The second-order valence-electron chi connectivity index (χ2n) is 41.7. The fraction of sp³-hybridized carbons (Fsp3) is 0.657. The number of anilines is 8. The molecule has 5 saturated carbocycles. The van der Waals surface area contributed by atoms with Crippen LogP contribution in [0.3, 0.4) is 0 Å². The molecule has 0 radical (unpaired) electrons. The summed E-state index contributed by atoms with van der Waals surface area (Å²) in [5, 5.41) is 11.7. The number of para-hydroxylation sites is 1. The minimum atomic E-state index is -4.54. The van der Waals surface area contributed by atoms with E-state index >= 15 is 4.39 Å². The number of nitrogens with one attached hydrogen (secondary N) is 10. The topological polar surface area (TPSA) is 414 Å². The van der Waals surface area contributed by atoms with Gasteiger partial charge in [0.2, 0.25) is 79.7 Å². The smallest absolute Gasteiger partial charge is 0.372 e. The molecular formula is C102H153ClF7N13O18S5. The van der Waals surface area contributed by atoms with Gasteiger partial charge in [0.15, 0.2) is 17.5 Å². The van der Waals surface area contributed by atoms with Crippen molar-refractivity contribution in [2.75, 3.05) is 80.6 Å². The normalized spacial score (nSPS) is 25.1. The molecule has 44 heteroatoms. The second kappa shape index (κ2) is 53.4. The van der Waals surface area contributed by atoms with Gasteiger partial charge in [0.1, 0.15) is 5.82 Å². The first kappa shape index (κ1) is 122. The maximum atomic E-state index is 15.0. The van der Waals surface area contributed by atoms with Crippen molar-refractivity contribution in [2.24, 2.45) is 29.6 Å². The number of alkyl halides is 3. The quantitative estimate of drug-likeness (QED) is 0.0164. The number of aryl methyl sites for hydroxylation is 3. The lowest BCUT2D eigenvalue weighted by atomic mass is 9.86. The third-order valence-electron chi connectivity index (χ3n) is 27.8. The number of halogens is 8. The Bertz CT molecular complexity index is 5630. The average Bonchev–Trinajstić information content (AvgIpc) is 0.796. The summed E-state index contributed by atoms with van der Waals surface area (Å²) in [5.74, 6) is -7.16. The number of nitrogens with zero attached hydrogens (tertiary/aromatic N) is 3. The zero-order chi connectivity index (χ0) is 108. The molecule has 10 N–H and O–H groups in total. The molecule has 5 aromatic carbocycles. The summed E-state index contributed by atoms with van der Waals surface area (Å²) in [6.07, 6.45) is 7.59. The molecule has 3 heterocycles. The number of ether oxygens (including phenoxy) is 3. The third kappa shape index (κ3) is 35.6. The molecule has 6 atom stereocenters. The molecule has 13 rings (SSSR count). The standard InChI is InChI=1S/C24H39N3O4S.C23H36FN3O4S.C22H34ClN3O4S.C17H23F3N2O3S.C16H21F3N2O3S/c1-15(2)32(29,30)26-21-9-7-20(8-10-21)24(28)25-22-11-16(3)23(17(4)12-22)27-13-18(5)31-19(6)14-27;1-14(2)32(29,30)26-19-8-6-18(7-9-19)23(28)25-20-10-15(3)22(21(24)11-20)27-12-16(4)31-17(5)13-27;1-14(2)31(28,29)25-18-7-5-17(6-8-18)22(27)24-19-9-10-21(20(23)11-19)26-12-15(3)30-16(4)13-26;1-11(2)26(24,25)22-13-9-7-12(8-10-13)16(23)21-15-6-4-3-5-14(15)17(18,19)20;1-9(2)25(23,24)21-11-5-3-10(4-6-11)16(22)20-13-8-7-12(17)14(18)15(13)19/h11-12,15,18-21,26H,7-10,13-14H2,1-6H3,(H,25,28);10-11,14,16-19,26H,6-9,12-13H2,1-5H3,(H,25,28);9-11,14-18,25H,5-8,12-13H2,1-4H3,(H,24,27);3-6,11-13,22H,7-10H2,1-2H3,(H,21,23);7-11,21H,3-6H2,1-2H3,(H,20,22)/t18-,19+,20?,21?;16-,17+,18?,19?;15-,16+,17?,18?;;. The molecule has 0 aromatic heterocycles. The van der Waals surface area contributed by atoms with E-state index in [-0.39, 0.29) is 114 Å². The van der Waals surface area contributed by atoms with Gasteiger partial charge in [0, 0.05) is 122 Å². The summed E-state index contributed by atoms with van der Waals surface area (Å²) in [6.45, 7) is 39.1. The number of amides is 5. The van der Waals surface area contributed by atoms with E-state index in [0.717, 1.165) is 72.4 Å². The van der Waals surface area contributed by atoms with Crippen LogP contribution in [-0.2, 0) is 94.5 Å². The maximum Gasteiger partial charge on any atom is 0.418 e. The molecule has 3 aliphatic heterocycles. The SMILES string of the molecule is CC(C)S(=O)(=O)NC1CCC(C(=O)Nc2ccc(F)c(F)c2F)CC1.CC(C)S(=O)(=O)NC1CCC(C(=O)Nc2ccc(N3C[C@@H](C)O[C@@H](C)C3)c(Cl)c2)CC1.CC(C)S(=O)(=O)NC1CCC(C(=O)Nc2ccccc2C(F)(F)F)CC1.Cc1cc(NC(=O)C2CCC(NS(=O)(=O)C(C)C)CC2)cc(C)c1N1C[C@@H](C)O[C@@H](C)C1.Cc1cc(NC(=O)C2CCC(NS(=O)(=O)C(C)C)CC2)cc(F)c1N1C[C@@H](C)O[C@@H](C)C1. The van der Waals surface area contributed by atoms with Crippen LogP contribution < -0.4 is 64.9 Å². The first-order chi connectivity index (χ1) is 68.1. The van der Waals surface area contributed by atoms with Gasteiger partial charge in [-0.3, -0.25) is 24.0 Å². The van der Waals surface area contributed by atoms with Gasteiger partial charge in [-0.1, -0.05) is 23.7 Å². The molecule has 8 aliphatic rings. The fourth-order valence-electron chi connectivity index (χ4n) is 19.5. The van der Waals surface area contributed by atoms with Gasteiger partial charge in [-0.2, -0.15) is 13.2 Å². The highest BCUT2D eigenvalue weighted by atomic mass is 35.5. The van der Waals surface area contributed by atoms with Crippen molar-refractivity contribution in [3.63, 3.8) is 0 Å². The third-order valence-corrected chi connectivity index (χ3v) is 37.6. The van der Waals surface area contributed by atoms with Gasteiger partial charge in [-0.05, 0) is 343 Å². The highest BCUT2D eigenvalue weighted by Gasteiger charge is 2.40. The monoisotopic (exact) mass is 2180 g/mol. The van der Waals surface area contributed by atoms with Crippen molar-refractivity contribution in [1.29, 1.82) is 0 Å². The largest absolute Gasteiger partial charge is 0.418 e. The summed E-state index contributed by atoms with van der Waals surface area (Å²) >= 11 is 6.53. The lowest BCUT2D eigenvalue weighted by Gasteiger charge is -2.38. The van der Waals surface area contributed by atoms with Gasteiger partial charge < -0.3 is 55.5 Å². The van der Waals surface area contributed by atoms with Crippen LogP contribution in [0.2, 0.25) is 5.02 Å². The Morgan fingerprint density at radius 2 is 0.603 bits per heavy atom. The van der Waals surface area contributed by atoms with E-state index in [0.29, 0.717) is 164 Å². The minimum Gasteiger partial charge on any atom is -0.372 e. The number of benzene rings is 5. The van der Waals surface area contributed by atoms with E-state index in [9.17, 15) is 92.4 Å². The predicted molar refractivity (Wildman–Crippen MR) is 561 cm³/mol. The lowest BCUT2D eigenvalue weighted by molar-refractivity contribution is -0.137. The maximum absolute atomic E-state index is 15.0. The molecule has 8 fully saturated rings. The Labute approximate surface area is 864 Å². The van der Waals surface area contributed by atoms with Crippen LogP contribution in [0.5, 0.6) is 0 Å². The minimum absolute atomic E-state index is 0.0235. The molecule has 5 amide bonds. The van der Waals surface area contributed by atoms with Gasteiger partial charge in [-0.25, -0.2) is 83.3 Å². The molecule has 5 aliphatic carbocycles. The van der Waals surface area contributed by atoms with E-state index < -0.39 is 135 Å². The second-order valence-corrected chi connectivity index (χ2v) is 53.5. The predicted octanol–water partition coefficient (Wildman–Crippen LogP) is 17.6. The fourth-order valence-corrected chi connectivity index (χ4v) is 24.7. The van der Waals surface area contributed by atoms with E-state index in [4.69, 9.17) is 25.8 Å². The molecule has 0 unspecified atom stereocenters. The molecule has 146 heavy (non-hydrogen) atoms. The Kier molecular flexibility index (Phi) is 44.5. The molecule has 0 bridgehead atoms. The van der Waals surface area contributed by atoms with Crippen molar-refractivity contribution < 1.29 is 111 Å². The summed E-state index contributed by atoms with van der Waals surface area (Å²) in [4.78, 5) is 69.5. The number of sulfonamides is 5. The Balaban J connectivity index is 0.000000204. The van der Waals surface area contributed by atoms with E-state index in [2.05, 4.69) is 87.7 Å². The van der Waals surface area contributed by atoms with Crippen LogP contribution in [0.25, 0.3) is 0 Å². The number of hydrogen-bond donors (Lipinski definition) is 10. The van der Waals surface area contributed by atoms with Crippen molar-refractivity contribution in [2.45, 2.75) is 359 Å². The first-order valence-corrected chi connectivity index (χ1v) is 59.0. The zero-order valence-electron chi connectivity index (χ0n) is 87.3. The van der Waals surface area contributed by atoms with Crippen LogP contribution in [-0.4, -0.2) is 204 Å². The number of carbonyl (C=O) groups is 5. The van der Waals surface area contributed by atoms with Crippen LogP contribution in [0.1, 0.15) is 261 Å². The molecular weight excluding hydrogens is 2020 g/mol. The van der Waals surface area contributed by atoms with E-state index in [1.165, 1.54) is 30.0 Å². The van der Waals surface area contributed by atoms with Gasteiger partial charge in [0.05, 0.1) is 96.2 Å². The zero-order valence-corrected chi connectivity index (χ0v) is 92.1. The van der Waals surface area contributed by atoms with Crippen molar-refractivity contribution in [1.82, 2.24) is 23.6 Å². The van der Waals surface area contributed by atoms with Crippen molar-refractivity contribution in [3.05, 3.63) is 129 Å². The molecule has 5 aromatic rings. The highest BCUT2D eigenvalue weighted by molar-refractivity contribution is 7.91. The molecule has 0 spiro atoms. The summed E-state index contributed by atoms with van der Waals surface area (Å²) in [6, 6.07) is 18.7. The summed E-state index contributed by atoms with van der Waals surface area (Å²) in [5.41, 5.74) is 6.19. The molecule has 820 valence electrons. The first-order valence-electron chi connectivity index (χ1n) is 50.9. The summed E-state index contributed by atoms with van der Waals surface area (Å²) < 4.78 is 245. The molecule has 3 saturated heterocycles. The van der Waals surface area contributed by atoms with E-state index in [1.807, 2.05) is 69.9 Å². The van der Waals surface area contributed by atoms with Crippen LogP contribution in [0.4, 0.5) is 76.2 Å². The van der Waals surface area contributed by atoms with Gasteiger partial charge >= 0.3 is 6.18 Å². The Hall–Kier alpha value is -7.92. The number of morpholine rings is 3. The average molecular weight is 2180 g/mol. The van der Waals surface area contributed by atoms with Crippen molar-refractivity contribution >= 4 is 137 Å². The van der Waals surface area contributed by atoms with Gasteiger partial charge in [-0.15, -0.1) is 0 Å². The highest BCUT2D eigenvalue weighted by Crippen LogP contribution is 2.41. The number of rotatable bonds is 28. The Morgan fingerprint density at radius 1 is 0.329 bits per heavy atom. The number of carbonyl (C=O) groups excluding carboxylic acids is 5.